The fourth-order valence-electron chi connectivity index (χ4n) is 2.24. The molecule has 8 nitrogen and oxygen atoms in total. The molecule has 0 aliphatic heterocycles. The predicted octanol–water partition coefficient (Wildman–Crippen LogP) is 4.71. The van der Waals surface area contributed by atoms with Crippen LogP contribution in [0.5, 0.6) is 0 Å². The summed E-state index contributed by atoms with van der Waals surface area (Å²) < 4.78 is 0. The quantitative estimate of drug-likeness (QED) is 0.612. The van der Waals surface area contributed by atoms with E-state index in [0.717, 1.165) is 11.6 Å². The Kier molecular flexibility index (Phi) is 5.27. The molecule has 0 atom stereocenters. The Morgan fingerprint density at radius 3 is 2.15 bits per heavy atom. The number of hydrogen-bond donors (Lipinski definition) is 1. The lowest BCUT2D eigenvalue weighted by molar-refractivity contribution is -0.384. The molecule has 9 heteroatoms. The zero-order chi connectivity index (χ0) is 19.6. The number of nitro groups is 2. The summed E-state index contributed by atoms with van der Waals surface area (Å²) in [6, 6.07) is 8.09. The van der Waals surface area contributed by atoms with Crippen LogP contribution >= 0.6 is 11.6 Å². The minimum Gasteiger partial charge on any atom is -0.316 e. The van der Waals surface area contributed by atoms with E-state index in [1.54, 1.807) is 6.07 Å². The SMILES string of the molecule is CC(C)(C)c1ccc(NC(=O)c2ccc(Cl)c([N+](=O)[O-])c2)c([N+](=O)[O-])c1. The zero-order valence-electron chi connectivity index (χ0n) is 14.3. The van der Waals surface area contributed by atoms with Gasteiger partial charge in [-0.2, -0.15) is 0 Å². The van der Waals surface area contributed by atoms with Gasteiger partial charge in [0.05, 0.1) is 9.85 Å². The van der Waals surface area contributed by atoms with Gasteiger partial charge in [0, 0.05) is 17.7 Å². The van der Waals surface area contributed by atoms with Gasteiger partial charge in [-0.3, -0.25) is 25.0 Å². The third kappa shape index (κ3) is 4.15. The van der Waals surface area contributed by atoms with Crippen LogP contribution in [0.3, 0.4) is 0 Å². The Morgan fingerprint density at radius 2 is 1.62 bits per heavy atom. The maximum atomic E-state index is 12.4. The minimum absolute atomic E-state index is 0.00519. The summed E-state index contributed by atoms with van der Waals surface area (Å²) in [6.07, 6.45) is 0. The molecular formula is C17H16ClN3O5. The molecule has 0 saturated heterocycles. The van der Waals surface area contributed by atoms with E-state index < -0.39 is 21.4 Å². The van der Waals surface area contributed by atoms with Crippen molar-refractivity contribution in [3.63, 3.8) is 0 Å². The van der Waals surface area contributed by atoms with Crippen LogP contribution in [0.1, 0.15) is 36.7 Å². The number of halogens is 1. The van der Waals surface area contributed by atoms with Crippen LogP contribution in [0.2, 0.25) is 5.02 Å². The van der Waals surface area contributed by atoms with Crippen molar-refractivity contribution >= 4 is 34.6 Å². The van der Waals surface area contributed by atoms with Crippen molar-refractivity contribution in [3.8, 4) is 0 Å². The summed E-state index contributed by atoms with van der Waals surface area (Å²) in [7, 11) is 0. The van der Waals surface area contributed by atoms with Gasteiger partial charge in [0.1, 0.15) is 10.7 Å². The van der Waals surface area contributed by atoms with Crippen molar-refractivity contribution in [3.05, 3.63) is 72.8 Å². The third-order valence-electron chi connectivity index (χ3n) is 3.71. The number of amides is 1. The molecule has 0 unspecified atom stereocenters. The Morgan fingerprint density at radius 1 is 1.00 bits per heavy atom. The van der Waals surface area contributed by atoms with Gasteiger partial charge in [0.25, 0.3) is 17.3 Å². The lowest BCUT2D eigenvalue weighted by Crippen LogP contribution is -2.15. The number of nitro benzene ring substituents is 2. The number of carbonyl (C=O) groups excluding carboxylic acids is 1. The average Bonchev–Trinajstić information content (AvgIpc) is 2.53. The molecule has 0 radical (unpaired) electrons. The Balaban J connectivity index is 2.39. The maximum absolute atomic E-state index is 12.4. The summed E-state index contributed by atoms with van der Waals surface area (Å²) in [4.78, 5) is 33.3. The van der Waals surface area contributed by atoms with E-state index in [1.807, 2.05) is 20.8 Å². The molecule has 2 aromatic rings. The fourth-order valence-corrected chi connectivity index (χ4v) is 2.43. The molecule has 0 aliphatic carbocycles. The predicted molar refractivity (Wildman–Crippen MR) is 97.9 cm³/mol. The Bertz CT molecular complexity index is 906. The maximum Gasteiger partial charge on any atom is 0.293 e. The van der Waals surface area contributed by atoms with E-state index in [0.29, 0.717) is 0 Å². The highest BCUT2D eigenvalue weighted by Crippen LogP contribution is 2.32. The summed E-state index contributed by atoms with van der Waals surface area (Å²) >= 11 is 5.72. The Labute approximate surface area is 154 Å². The van der Waals surface area contributed by atoms with E-state index >= 15 is 0 Å². The van der Waals surface area contributed by atoms with Gasteiger partial charge >= 0.3 is 0 Å². The topological polar surface area (TPSA) is 115 Å². The highest BCUT2D eigenvalue weighted by atomic mass is 35.5. The van der Waals surface area contributed by atoms with Crippen molar-refractivity contribution in [1.29, 1.82) is 0 Å². The molecule has 2 rings (SSSR count). The van der Waals surface area contributed by atoms with Gasteiger partial charge in [-0.15, -0.1) is 0 Å². The van der Waals surface area contributed by atoms with Gasteiger partial charge in [-0.1, -0.05) is 38.4 Å². The first-order chi connectivity index (χ1) is 12.0. The molecule has 0 aromatic heterocycles. The second kappa shape index (κ2) is 7.09. The number of anilines is 1. The first-order valence-corrected chi connectivity index (χ1v) is 7.92. The zero-order valence-corrected chi connectivity index (χ0v) is 15.0. The molecule has 136 valence electrons. The van der Waals surface area contributed by atoms with Crippen LogP contribution in [0, 0.1) is 20.2 Å². The normalized spacial score (nSPS) is 11.1. The molecule has 0 heterocycles. The first-order valence-electron chi connectivity index (χ1n) is 7.55. The first kappa shape index (κ1) is 19.3. The fraction of sp³-hybridized carbons (Fsp3) is 0.235. The second-order valence-electron chi connectivity index (χ2n) is 6.62. The van der Waals surface area contributed by atoms with Crippen LogP contribution in [0.25, 0.3) is 0 Å². The molecule has 2 aromatic carbocycles. The van der Waals surface area contributed by atoms with E-state index in [4.69, 9.17) is 11.6 Å². The van der Waals surface area contributed by atoms with E-state index in [-0.39, 0.29) is 27.4 Å². The Hall–Kier alpha value is -3.00. The number of nitrogens with one attached hydrogen (secondary N) is 1. The van der Waals surface area contributed by atoms with Gasteiger partial charge in [0.2, 0.25) is 0 Å². The van der Waals surface area contributed by atoms with Crippen molar-refractivity contribution < 1.29 is 14.6 Å². The van der Waals surface area contributed by atoms with Crippen LogP contribution in [-0.4, -0.2) is 15.8 Å². The van der Waals surface area contributed by atoms with Crippen molar-refractivity contribution in [2.75, 3.05) is 5.32 Å². The van der Waals surface area contributed by atoms with E-state index in [9.17, 15) is 25.0 Å². The average molecular weight is 378 g/mol. The van der Waals surface area contributed by atoms with Crippen LogP contribution < -0.4 is 5.32 Å². The smallest absolute Gasteiger partial charge is 0.293 e. The molecular weight excluding hydrogens is 362 g/mol. The molecule has 0 bridgehead atoms. The third-order valence-corrected chi connectivity index (χ3v) is 4.03. The van der Waals surface area contributed by atoms with Crippen molar-refractivity contribution in [1.82, 2.24) is 0 Å². The minimum atomic E-state index is -0.712. The summed E-state index contributed by atoms with van der Waals surface area (Å²) in [6.45, 7) is 5.74. The summed E-state index contributed by atoms with van der Waals surface area (Å²) in [5, 5.41) is 24.6. The van der Waals surface area contributed by atoms with Crippen LogP contribution in [0.15, 0.2) is 36.4 Å². The number of nitrogens with zero attached hydrogens (tertiary/aromatic N) is 2. The number of rotatable bonds is 4. The number of benzene rings is 2. The molecule has 0 aliphatic rings. The molecule has 0 fully saturated rings. The monoisotopic (exact) mass is 377 g/mol. The molecule has 0 saturated carbocycles. The van der Waals surface area contributed by atoms with Gasteiger partial charge in [-0.05, 0) is 29.2 Å². The molecule has 1 N–H and O–H groups in total. The van der Waals surface area contributed by atoms with Crippen LogP contribution in [0.4, 0.5) is 17.1 Å². The highest BCUT2D eigenvalue weighted by molar-refractivity contribution is 6.32. The van der Waals surface area contributed by atoms with Gasteiger partial charge in [0.15, 0.2) is 0 Å². The number of carbonyl (C=O) groups is 1. The molecule has 0 spiro atoms. The van der Waals surface area contributed by atoms with Gasteiger partial charge in [-0.25, -0.2) is 0 Å². The van der Waals surface area contributed by atoms with E-state index in [1.165, 1.54) is 24.3 Å². The summed E-state index contributed by atoms with van der Waals surface area (Å²) in [5.41, 5.74) is -0.263. The highest BCUT2D eigenvalue weighted by Gasteiger charge is 2.23. The molecule has 1 amide bonds. The second-order valence-corrected chi connectivity index (χ2v) is 7.02. The number of hydrogen-bond acceptors (Lipinski definition) is 5. The van der Waals surface area contributed by atoms with Crippen molar-refractivity contribution in [2.24, 2.45) is 0 Å². The van der Waals surface area contributed by atoms with E-state index in [2.05, 4.69) is 5.32 Å². The standard InChI is InChI=1S/C17H16ClN3O5/c1-17(2,3)11-5-7-13(15(9-11)21(25)26)19-16(22)10-4-6-12(18)14(8-10)20(23)24/h4-9H,1-3H3,(H,19,22). The van der Waals surface area contributed by atoms with Gasteiger partial charge < -0.3 is 5.32 Å². The van der Waals surface area contributed by atoms with Crippen molar-refractivity contribution in [2.45, 2.75) is 26.2 Å². The lowest BCUT2D eigenvalue weighted by atomic mass is 9.86. The molecule has 26 heavy (non-hydrogen) atoms. The van der Waals surface area contributed by atoms with Crippen LogP contribution in [-0.2, 0) is 5.41 Å². The largest absolute Gasteiger partial charge is 0.316 e. The summed E-state index contributed by atoms with van der Waals surface area (Å²) in [5.74, 6) is -0.712. The lowest BCUT2D eigenvalue weighted by Gasteiger charge is -2.19.